The van der Waals surface area contributed by atoms with E-state index in [2.05, 4.69) is 13.2 Å². The molecule has 0 rings (SSSR count). The second-order valence-electron chi connectivity index (χ2n) is 4.89. The third kappa shape index (κ3) is 8.51. The average Bonchev–Trinajstić information content (AvgIpc) is 2.42. The third-order valence-electron chi connectivity index (χ3n) is 2.87. The lowest BCUT2D eigenvalue weighted by molar-refractivity contribution is -0.150. The molecule has 4 nitrogen and oxygen atoms in total. The topological polar surface area (TPSA) is 52.6 Å². The van der Waals surface area contributed by atoms with Gasteiger partial charge in [-0.2, -0.15) is 0 Å². The van der Waals surface area contributed by atoms with Gasteiger partial charge >= 0.3 is 11.9 Å². The highest BCUT2D eigenvalue weighted by Crippen LogP contribution is 2.07. The summed E-state index contributed by atoms with van der Waals surface area (Å²) < 4.78 is 10.2. The van der Waals surface area contributed by atoms with Gasteiger partial charge in [0.1, 0.15) is 0 Å². The molecule has 0 aromatic heterocycles. The first kappa shape index (κ1) is 18.4. The van der Waals surface area contributed by atoms with E-state index >= 15 is 0 Å². The predicted molar refractivity (Wildman–Crippen MR) is 79.1 cm³/mol. The van der Waals surface area contributed by atoms with Crippen molar-refractivity contribution in [2.75, 3.05) is 13.2 Å². The second kappa shape index (κ2) is 11.3. The molecule has 4 heteroatoms. The van der Waals surface area contributed by atoms with Crippen LogP contribution in [0.25, 0.3) is 0 Å². The first-order chi connectivity index (χ1) is 9.52. The molecule has 0 fully saturated rings. The fraction of sp³-hybridized carbons (Fsp3) is 0.625. The molecule has 0 N–H and O–H groups in total. The first-order valence-corrected chi connectivity index (χ1v) is 7.08. The summed E-state index contributed by atoms with van der Waals surface area (Å²) in [5.74, 6) is -0.710. The minimum atomic E-state index is -0.207. The average molecular weight is 282 g/mol. The van der Waals surface area contributed by atoms with Crippen LogP contribution >= 0.6 is 0 Å². The van der Waals surface area contributed by atoms with E-state index in [1.54, 1.807) is 12.2 Å². The highest BCUT2D eigenvalue weighted by atomic mass is 16.5. The Bertz CT molecular complexity index is 290. The number of unbranched alkanes of at least 4 members (excludes halogenated alkanes) is 1. The van der Waals surface area contributed by atoms with Crippen molar-refractivity contribution in [2.24, 2.45) is 11.8 Å². The van der Waals surface area contributed by atoms with Gasteiger partial charge in [-0.1, -0.05) is 26.0 Å². The first-order valence-electron chi connectivity index (χ1n) is 7.08. The van der Waals surface area contributed by atoms with Gasteiger partial charge in [0.05, 0.1) is 25.0 Å². The van der Waals surface area contributed by atoms with Crippen LogP contribution in [0.3, 0.4) is 0 Å². The number of hydrogen-bond donors (Lipinski definition) is 0. The van der Waals surface area contributed by atoms with Crippen molar-refractivity contribution in [1.82, 2.24) is 0 Å². The van der Waals surface area contributed by atoms with Crippen LogP contribution in [-0.2, 0) is 19.1 Å². The number of carbonyl (C=O) groups excluding carboxylic acids is 2. The van der Waals surface area contributed by atoms with Crippen molar-refractivity contribution < 1.29 is 19.1 Å². The van der Waals surface area contributed by atoms with Gasteiger partial charge in [0.2, 0.25) is 0 Å². The zero-order valence-corrected chi connectivity index (χ0v) is 12.6. The lowest BCUT2D eigenvalue weighted by Crippen LogP contribution is -2.16. The third-order valence-corrected chi connectivity index (χ3v) is 2.87. The summed E-state index contributed by atoms with van der Waals surface area (Å²) in [5, 5.41) is 0. The Morgan fingerprint density at radius 2 is 1.25 bits per heavy atom. The maximum atomic E-state index is 11.5. The van der Waals surface area contributed by atoms with Crippen LogP contribution in [0.5, 0.6) is 0 Å². The molecule has 114 valence electrons. The molecule has 0 aromatic carbocycles. The molecule has 0 heterocycles. The van der Waals surface area contributed by atoms with Crippen LogP contribution in [0.4, 0.5) is 0 Å². The molecule has 0 aliphatic heterocycles. The number of esters is 2. The van der Waals surface area contributed by atoms with Gasteiger partial charge in [-0.3, -0.25) is 9.59 Å². The van der Waals surface area contributed by atoms with Gasteiger partial charge in [0, 0.05) is 0 Å². The SMILES string of the molecule is C=CCC(C)C(=O)OCCCCOC(=O)C(C)CC=C. The molecule has 0 saturated heterocycles. The summed E-state index contributed by atoms with van der Waals surface area (Å²) in [4.78, 5) is 22.9. The molecule has 0 amide bonds. The van der Waals surface area contributed by atoms with Crippen molar-refractivity contribution in [3.63, 3.8) is 0 Å². The minimum absolute atomic E-state index is 0.148. The number of carbonyl (C=O) groups is 2. The van der Waals surface area contributed by atoms with Gasteiger partial charge in [-0.25, -0.2) is 0 Å². The van der Waals surface area contributed by atoms with Gasteiger partial charge in [-0.15, -0.1) is 13.2 Å². The molecular weight excluding hydrogens is 256 g/mol. The van der Waals surface area contributed by atoms with E-state index in [0.29, 0.717) is 38.9 Å². The van der Waals surface area contributed by atoms with Crippen LogP contribution in [0.1, 0.15) is 39.5 Å². The Labute approximate surface area is 121 Å². The monoisotopic (exact) mass is 282 g/mol. The van der Waals surface area contributed by atoms with Crippen molar-refractivity contribution in [3.05, 3.63) is 25.3 Å². The van der Waals surface area contributed by atoms with E-state index in [-0.39, 0.29) is 23.8 Å². The van der Waals surface area contributed by atoms with Crippen molar-refractivity contribution in [1.29, 1.82) is 0 Å². The molecule has 0 bridgehead atoms. The van der Waals surface area contributed by atoms with E-state index in [9.17, 15) is 9.59 Å². The van der Waals surface area contributed by atoms with E-state index in [1.807, 2.05) is 13.8 Å². The van der Waals surface area contributed by atoms with Crippen molar-refractivity contribution in [3.8, 4) is 0 Å². The molecule has 0 aromatic rings. The molecule has 20 heavy (non-hydrogen) atoms. The summed E-state index contributed by atoms with van der Waals surface area (Å²) in [5.41, 5.74) is 0. The Balaban J connectivity index is 3.58. The lowest BCUT2D eigenvalue weighted by atomic mass is 10.1. The molecule has 0 radical (unpaired) electrons. The van der Waals surface area contributed by atoms with Gasteiger partial charge in [0.15, 0.2) is 0 Å². The molecule has 0 aliphatic carbocycles. The predicted octanol–water partition coefficient (Wildman–Crippen LogP) is 3.28. The quantitative estimate of drug-likeness (QED) is 0.331. The fourth-order valence-corrected chi connectivity index (χ4v) is 1.53. The van der Waals surface area contributed by atoms with Gasteiger partial charge in [-0.05, 0) is 25.7 Å². The number of allylic oxidation sites excluding steroid dienone is 2. The largest absolute Gasteiger partial charge is 0.465 e. The molecule has 2 unspecified atom stereocenters. The van der Waals surface area contributed by atoms with Crippen LogP contribution in [0.2, 0.25) is 0 Å². The van der Waals surface area contributed by atoms with Crippen LogP contribution in [0, 0.1) is 11.8 Å². The zero-order valence-electron chi connectivity index (χ0n) is 12.6. The Morgan fingerprint density at radius 3 is 1.55 bits per heavy atom. The number of ether oxygens (including phenoxy) is 2. The van der Waals surface area contributed by atoms with E-state index < -0.39 is 0 Å². The van der Waals surface area contributed by atoms with Crippen LogP contribution in [-0.4, -0.2) is 25.2 Å². The van der Waals surface area contributed by atoms with Crippen LogP contribution in [0.15, 0.2) is 25.3 Å². The number of hydrogen-bond acceptors (Lipinski definition) is 4. The Kier molecular flexibility index (Phi) is 10.4. The molecule has 2 atom stereocenters. The van der Waals surface area contributed by atoms with Crippen LogP contribution < -0.4 is 0 Å². The summed E-state index contributed by atoms with van der Waals surface area (Å²) in [7, 11) is 0. The summed E-state index contributed by atoms with van der Waals surface area (Å²) in [6, 6.07) is 0. The van der Waals surface area contributed by atoms with E-state index in [1.165, 1.54) is 0 Å². The van der Waals surface area contributed by atoms with Crippen molar-refractivity contribution >= 4 is 11.9 Å². The summed E-state index contributed by atoms with van der Waals surface area (Å²) in [6.45, 7) is 11.5. The maximum Gasteiger partial charge on any atom is 0.308 e. The van der Waals surface area contributed by atoms with Gasteiger partial charge in [0.25, 0.3) is 0 Å². The molecular formula is C16H26O4. The standard InChI is InChI=1S/C16H26O4/c1-5-9-13(3)15(17)19-11-7-8-12-20-16(18)14(4)10-6-2/h5-6,13-14H,1-2,7-12H2,3-4H3. The normalized spacial score (nSPS) is 13.1. The highest BCUT2D eigenvalue weighted by molar-refractivity contribution is 5.72. The van der Waals surface area contributed by atoms with E-state index in [0.717, 1.165) is 0 Å². The second-order valence-corrected chi connectivity index (χ2v) is 4.89. The molecule has 0 saturated carbocycles. The summed E-state index contributed by atoms with van der Waals surface area (Å²) in [6.07, 6.45) is 6.03. The number of rotatable bonds is 11. The zero-order chi connectivity index (χ0) is 15.4. The van der Waals surface area contributed by atoms with Crippen molar-refractivity contribution in [2.45, 2.75) is 39.5 Å². The summed E-state index contributed by atoms with van der Waals surface area (Å²) >= 11 is 0. The Hall–Kier alpha value is -1.58. The highest BCUT2D eigenvalue weighted by Gasteiger charge is 2.13. The molecule has 0 aliphatic rings. The maximum absolute atomic E-state index is 11.5. The lowest BCUT2D eigenvalue weighted by Gasteiger charge is -2.11. The molecule has 0 spiro atoms. The smallest absolute Gasteiger partial charge is 0.308 e. The minimum Gasteiger partial charge on any atom is -0.465 e. The fourth-order valence-electron chi connectivity index (χ4n) is 1.53. The Morgan fingerprint density at radius 1 is 0.900 bits per heavy atom. The van der Waals surface area contributed by atoms with E-state index in [4.69, 9.17) is 9.47 Å². The van der Waals surface area contributed by atoms with Gasteiger partial charge < -0.3 is 9.47 Å².